The number of aryl methyl sites for hydroxylation is 1. The van der Waals surface area contributed by atoms with Crippen molar-refractivity contribution in [2.45, 2.75) is 45.6 Å². The molecule has 1 aromatic heterocycles. The van der Waals surface area contributed by atoms with Crippen LogP contribution in [0.25, 0.3) is 0 Å². The van der Waals surface area contributed by atoms with E-state index in [1.165, 1.54) is 47.4 Å². The van der Waals surface area contributed by atoms with Crippen molar-refractivity contribution in [1.82, 2.24) is 0 Å². The lowest BCUT2D eigenvalue weighted by Gasteiger charge is -2.26. The minimum atomic E-state index is 0.484. The zero-order chi connectivity index (χ0) is 13.9. The molecule has 0 saturated heterocycles. The maximum atomic E-state index is 3.84. The summed E-state index contributed by atoms with van der Waals surface area (Å²) in [7, 11) is 0. The van der Waals surface area contributed by atoms with Crippen molar-refractivity contribution >= 4 is 17.0 Å². The van der Waals surface area contributed by atoms with Gasteiger partial charge in [-0.3, -0.25) is 0 Å². The zero-order valence-electron chi connectivity index (χ0n) is 12.4. The third kappa shape index (κ3) is 2.76. The monoisotopic (exact) mass is 285 g/mol. The number of thiophene rings is 1. The highest BCUT2D eigenvalue weighted by molar-refractivity contribution is 7.10. The molecule has 0 amide bonds. The number of benzene rings is 1. The van der Waals surface area contributed by atoms with Gasteiger partial charge in [0.15, 0.2) is 0 Å². The predicted octanol–water partition coefficient (Wildman–Crippen LogP) is 5.71. The third-order valence-electron chi connectivity index (χ3n) is 4.64. The Morgan fingerprint density at radius 3 is 2.60 bits per heavy atom. The smallest absolute Gasteiger partial charge is 0.0634 e. The van der Waals surface area contributed by atoms with E-state index in [0.29, 0.717) is 6.04 Å². The molecule has 0 radical (unpaired) electrons. The molecule has 1 unspecified atom stereocenters. The number of nitrogens with one attached hydrogen (secondary N) is 1. The Labute approximate surface area is 126 Å². The Bertz CT molecular complexity index is 553. The Morgan fingerprint density at radius 2 is 1.90 bits per heavy atom. The van der Waals surface area contributed by atoms with Gasteiger partial charge in [-0.05, 0) is 61.2 Å². The van der Waals surface area contributed by atoms with E-state index in [0.717, 1.165) is 5.92 Å². The van der Waals surface area contributed by atoms with E-state index in [4.69, 9.17) is 0 Å². The van der Waals surface area contributed by atoms with E-state index in [9.17, 15) is 0 Å². The van der Waals surface area contributed by atoms with Gasteiger partial charge in [-0.2, -0.15) is 0 Å². The Hall–Kier alpha value is -1.28. The maximum Gasteiger partial charge on any atom is 0.0634 e. The van der Waals surface area contributed by atoms with Gasteiger partial charge in [-0.15, -0.1) is 11.3 Å². The highest BCUT2D eigenvalue weighted by atomic mass is 32.1. The summed E-state index contributed by atoms with van der Waals surface area (Å²) in [6.45, 7) is 4.41. The van der Waals surface area contributed by atoms with E-state index in [2.05, 4.69) is 54.9 Å². The summed E-state index contributed by atoms with van der Waals surface area (Å²) < 4.78 is 0. The van der Waals surface area contributed by atoms with Crippen LogP contribution in [0.15, 0.2) is 35.7 Å². The fourth-order valence-corrected chi connectivity index (χ4v) is 4.12. The molecule has 2 heteroatoms. The molecule has 2 aromatic rings. The number of anilines is 1. The van der Waals surface area contributed by atoms with Gasteiger partial charge in [-0.25, -0.2) is 0 Å². The molecule has 1 nitrogen and oxygen atoms in total. The van der Waals surface area contributed by atoms with Gasteiger partial charge in [0.25, 0.3) is 0 Å². The molecule has 0 bridgehead atoms. The van der Waals surface area contributed by atoms with Crippen molar-refractivity contribution in [2.75, 3.05) is 5.32 Å². The topological polar surface area (TPSA) is 12.0 Å². The normalized spacial score (nSPS) is 17.3. The van der Waals surface area contributed by atoms with Crippen LogP contribution in [0, 0.1) is 19.8 Å². The first-order chi connectivity index (χ1) is 9.75. The lowest BCUT2D eigenvalue weighted by atomic mass is 9.95. The average molecular weight is 285 g/mol. The highest BCUT2D eigenvalue weighted by Gasteiger charge is 2.27. The fraction of sp³-hybridized carbons (Fsp3) is 0.444. The van der Waals surface area contributed by atoms with Gasteiger partial charge in [0, 0.05) is 10.6 Å². The summed E-state index contributed by atoms with van der Waals surface area (Å²) in [6, 6.07) is 11.5. The van der Waals surface area contributed by atoms with Crippen LogP contribution in [0.4, 0.5) is 5.69 Å². The molecule has 1 aliphatic rings. The molecular weight excluding hydrogens is 262 g/mol. The van der Waals surface area contributed by atoms with Crippen LogP contribution in [0.2, 0.25) is 0 Å². The molecular formula is C18H23NS. The highest BCUT2D eigenvalue weighted by Crippen LogP contribution is 2.40. The Balaban J connectivity index is 1.88. The van der Waals surface area contributed by atoms with Crippen LogP contribution in [-0.2, 0) is 0 Å². The first-order valence-corrected chi connectivity index (χ1v) is 8.50. The van der Waals surface area contributed by atoms with Crippen LogP contribution in [-0.4, -0.2) is 0 Å². The second-order valence-corrected chi connectivity index (χ2v) is 6.91. The summed E-state index contributed by atoms with van der Waals surface area (Å²) in [5.74, 6) is 0.786. The van der Waals surface area contributed by atoms with Crippen molar-refractivity contribution in [3.8, 4) is 0 Å². The number of rotatable bonds is 4. The van der Waals surface area contributed by atoms with E-state index in [-0.39, 0.29) is 0 Å². The van der Waals surface area contributed by atoms with Crippen molar-refractivity contribution in [3.05, 3.63) is 51.7 Å². The maximum absolute atomic E-state index is 3.84. The molecule has 1 N–H and O–H groups in total. The van der Waals surface area contributed by atoms with Gasteiger partial charge >= 0.3 is 0 Å². The van der Waals surface area contributed by atoms with E-state index >= 15 is 0 Å². The summed E-state index contributed by atoms with van der Waals surface area (Å²) in [6.07, 6.45) is 5.50. The van der Waals surface area contributed by atoms with E-state index in [1.807, 2.05) is 11.3 Å². The van der Waals surface area contributed by atoms with Crippen LogP contribution in [0.3, 0.4) is 0 Å². The number of hydrogen-bond acceptors (Lipinski definition) is 2. The first kappa shape index (κ1) is 13.7. The van der Waals surface area contributed by atoms with Crippen LogP contribution < -0.4 is 5.32 Å². The molecule has 1 atom stereocenters. The molecule has 20 heavy (non-hydrogen) atoms. The quantitative estimate of drug-likeness (QED) is 0.759. The van der Waals surface area contributed by atoms with Gasteiger partial charge in [0.1, 0.15) is 0 Å². The van der Waals surface area contributed by atoms with Crippen molar-refractivity contribution < 1.29 is 0 Å². The number of hydrogen-bond donors (Lipinski definition) is 1. The third-order valence-corrected chi connectivity index (χ3v) is 5.59. The van der Waals surface area contributed by atoms with Crippen LogP contribution in [0.5, 0.6) is 0 Å². The molecule has 1 aliphatic carbocycles. The van der Waals surface area contributed by atoms with E-state index < -0.39 is 0 Å². The standard InChI is InChI=1S/C18H23NS/c1-13-7-5-10-16(14(13)2)19-18(15-8-3-4-9-15)17-11-6-12-20-17/h5-7,10-12,15,18-19H,3-4,8-9H2,1-2H3. The van der Waals surface area contributed by atoms with Gasteiger partial charge < -0.3 is 5.32 Å². The largest absolute Gasteiger partial charge is 0.377 e. The van der Waals surface area contributed by atoms with E-state index in [1.54, 1.807) is 0 Å². The predicted molar refractivity (Wildman–Crippen MR) is 88.6 cm³/mol. The van der Waals surface area contributed by atoms with Gasteiger partial charge in [-0.1, -0.05) is 31.0 Å². The molecule has 0 aliphatic heterocycles. The second-order valence-electron chi connectivity index (χ2n) is 5.93. The summed E-state index contributed by atoms with van der Waals surface area (Å²) in [5.41, 5.74) is 4.05. The SMILES string of the molecule is Cc1cccc(NC(c2cccs2)C2CCCC2)c1C. The van der Waals surface area contributed by atoms with Gasteiger partial charge in [0.05, 0.1) is 6.04 Å². The summed E-state index contributed by atoms with van der Waals surface area (Å²) in [5, 5.41) is 6.04. The lowest BCUT2D eigenvalue weighted by molar-refractivity contribution is 0.475. The van der Waals surface area contributed by atoms with Crippen molar-refractivity contribution in [2.24, 2.45) is 5.92 Å². The molecule has 1 fully saturated rings. The molecule has 1 aromatic carbocycles. The Morgan fingerprint density at radius 1 is 1.10 bits per heavy atom. The minimum Gasteiger partial charge on any atom is -0.377 e. The molecule has 1 heterocycles. The summed E-state index contributed by atoms with van der Waals surface area (Å²) >= 11 is 1.88. The average Bonchev–Trinajstić information content (AvgIpc) is 3.13. The van der Waals surface area contributed by atoms with Gasteiger partial charge in [0.2, 0.25) is 0 Å². The van der Waals surface area contributed by atoms with Crippen molar-refractivity contribution in [3.63, 3.8) is 0 Å². The molecule has 1 saturated carbocycles. The van der Waals surface area contributed by atoms with Crippen molar-refractivity contribution in [1.29, 1.82) is 0 Å². The lowest BCUT2D eigenvalue weighted by Crippen LogP contribution is -2.18. The first-order valence-electron chi connectivity index (χ1n) is 7.62. The molecule has 3 rings (SSSR count). The second kappa shape index (κ2) is 6.01. The fourth-order valence-electron chi connectivity index (χ4n) is 3.26. The van der Waals surface area contributed by atoms with Crippen LogP contribution in [0.1, 0.15) is 47.7 Å². The summed E-state index contributed by atoms with van der Waals surface area (Å²) in [4.78, 5) is 1.48. The molecule has 0 spiro atoms. The molecule has 106 valence electrons. The minimum absolute atomic E-state index is 0.484. The zero-order valence-corrected chi connectivity index (χ0v) is 13.2. The van der Waals surface area contributed by atoms with Crippen LogP contribution >= 0.6 is 11.3 Å². The Kier molecular flexibility index (Phi) is 4.11.